The Morgan fingerprint density at radius 2 is 2.05 bits per heavy atom. The second-order valence-electron chi connectivity index (χ2n) is 5.44. The van der Waals surface area contributed by atoms with Crippen LogP contribution in [0.3, 0.4) is 0 Å². The Morgan fingerprint density at radius 3 is 2.62 bits per heavy atom. The molecule has 126 valence electrons. The molecule has 1 aliphatic rings. The topological polar surface area (TPSA) is 48.9 Å². The van der Waals surface area contributed by atoms with Crippen LogP contribution in [0.2, 0.25) is 0 Å². The van der Waals surface area contributed by atoms with Gasteiger partial charge in [-0.1, -0.05) is 0 Å². The molecule has 0 bridgehead atoms. The lowest BCUT2D eigenvalue weighted by Gasteiger charge is -2.23. The van der Waals surface area contributed by atoms with Gasteiger partial charge in [-0.15, -0.1) is 24.0 Å². The van der Waals surface area contributed by atoms with Gasteiger partial charge in [-0.25, -0.2) is 0 Å². The summed E-state index contributed by atoms with van der Waals surface area (Å²) in [6.45, 7) is 10.6. The van der Waals surface area contributed by atoms with Crippen molar-refractivity contribution in [2.45, 2.75) is 52.1 Å². The van der Waals surface area contributed by atoms with Gasteiger partial charge in [0.15, 0.2) is 5.96 Å². The maximum Gasteiger partial charge on any atom is 0.191 e. The largest absolute Gasteiger partial charge is 0.382 e. The van der Waals surface area contributed by atoms with E-state index in [1.54, 1.807) is 0 Å². The molecule has 0 aliphatic heterocycles. The minimum absolute atomic E-state index is 0. The van der Waals surface area contributed by atoms with Crippen molar-refractivity contribution < 1.29 is 4.74 Å². The Hall–Kier alpha value is -0.0800. The Balaban J connectivity index is 0.00000400. The Morgan fingerprint density at radius 1 is 1.33 bits per heavy atom. The minimum atomic E-state index is 0. The van der Waals surface area contributed by atoms with Gasteiger partial charge in [-0.2, -0.15) is 0 Å². The number of nitrogens with zero attached hydrogens (tertiary/aromatic N) is 2. The summed E-state index contributed by atoms with van der Waals surface area (Å²) < 4.78 is 5.33. The summed E-state index contributed by atoms with van der Waals surface area (Å²) >= 11 is 0. The summed E-state index contributed by atoms with van der Waals surface area (Å²) in [7, 11) is 2.21. The second-order valence-corrected chi connectivity index (χ2v) is 5.44. The number of hydrogen-bond donors (Lipinski definition) is 2. The van der Waals surface area contributed by atoms with Crippen molar-refractivity contribution in [3.05, 3.63) is 0 Å². The SMILES string of the molecule is CCNC(=NCC(C)N(C)C1CC1)NCCCOCC.I. The first-order valence-corrected chi connectivity index (χ1v) is 8.00. The van der Waals surface area contributed by atoms with Crippen molar-refractivity contribution in [2.75, 3.05) is 39.9 Å². The highest BCUT2D eigenvalue weighted by Gasteiger charge is 2.28. The van der Waals surface area contributed by atoms with Gasteiger partial charge in [0.25, 0.3) is 0 Å². The molecule has 6 heteroatoms. The number of guanidine groups is 1. The van der Waals surface area contributed by atoms with Crippen molar-refractivity contribution in [3.63, 3.8) is 0 Å². The van der Waals surface area contributed by atoms with Crippen LogP contribution in [0, 0.1) is 0 Å². The van der Waals surface area contributed by atoms with Crippen molar-refractivity contribution >= 4 is 29.9 Å². The normalized spacial score (nSPS) is 16.5. The number of aliphatic imine (C=N–C) groups is 1. The standard InChI is InChI=1S/C15H32N4O.HI/c1-5-16-15(17-10-7-11-20-6-2)18-12-13(3)19(4)14-8-9-14;/h13-14H,5-12H2,1-4H3,(H2,16,17,18);1H. The molecule has 0 aromatic rings. The highest BCUT2D eigenvalue weighted by Crippen LogP contribution is 2.26. The van der Waals surface area contributed by atoms with E-state index >= 15 is 0 Å². The molecule has 1 aliphatic carbocycles. The van der Waals surface area contributed by atoms with E-state index in [2.05, 4.69) is 41.4 Å². The average molecular weight is 412 g/mol. The van der Waals surface area contributed by atoms with Gasteiger partial charge in [0.2, 0.25) is 0 Å². The van der Waals surface area contributed by atoms with E-state index in [0.29, 0.717) is 6.04 Å². The first-order valence-electron chi connectivity index (χ1n) is 8.00. The molecule has 5 nitrogen and oxygen atoms in total. The average Bonchev–Trinajstić information content (AvgIpc) is 3.27. The van der Waals surface area contributed by atoms with Gasteiger partial charge in [0.05, 0.1) is 6.54 Å². The Kier molecular flexibility index (Phi) is 12.4. The molecular formula is C15H33IN4O. The third-order valence-electron chi connectivity index (χ3n) is 3.64. The van der Waals surface area contributed by atoms with Crippen LogP contribution in [-0.2, 0) is 4.74 Å². The summed E-state index contributed by atoms with van der Waals surface area (Å²) in [6.07, 6.45) is 3.70. The van der Waals surface area contributed by atoms with Crippen LogP contribution in [0.15, 0.2) is 4.99 Å². The monoisotopic (exact) mass is 412 g/mol. The molecule has 1 saturated carbocycles. The lowest BCUT2D eigenvalue weighted by molar-refractivity contribution is 0.145. The number of nitrogens with one attached hydrogen (secondary N) is 2. The van der Waals surface area contributed by atoms with Crippen LogP contribution >= 0.6 is 24.0 Å². The van der Waals surface area contributed by atoms with E-state index < -0.39 is 0 Å². The number of likely N-dealkylation sites (N-methyl/N-ethyl adjacent to an activating group) is 1. The first kappa shape index (κ1) is 20.9. The zero-order valence-electron chi connectivity index (χ0n) is 14.0. The third kappa shape index (κ3) is 9.52. The van der Waals surface area contributed by atoms with Crippen LogP contribution in [0.5, 0.6) is 0 Å². The molecule has 0 aromatic heterocycles. The smallest absolute Gasteiger partial charge is 0.191 e. The van der Waals surface area contributed by atoms with Gasteiger partial charge in [-0.05, 0) is 47.1 Å². The molecule has 1 unspecified atom stereocenters. The van der Waals surface area contributed by atoms with Gasteiger partial charge in [0, 0.05) is 38.4 Å². The van der Waals surface area contributed by atoms with Gasteiger partial charge in [-0.3, -0.25) is 9.89 Å². The van der Waals surface area contributed by atoms with Crippen LogP contribution in [-0.4, -0.2) is 62.8 Å². The lowest BCUT2D eigenvalue weighted by atomic mass is 10.3. The second kappa shape index (κ2) is 12.5. The number of hydrogen-bond acceptors (Lipinski definition) is 3. The number of rotatable bonds is 10. The summed E-state index contributed by atoms with van der Waals surface area (Å²) in [5.74, 6) is 0.917. The predicted molar refractivity (Wildman–Crippen MR) is 101 cm³/mol. The van der Waals surface area contributed by atoms with E-state index in [-0.39, 0.29) is 24.0 Å². The van der Waals surface area contributed by atoms with Crippen LogP contribution in [0.1, 0.15) is 40.0 Å². The molecule has 0 amide bonds. The molecule has 0 radical (unpaired) electrons. The number of halogens is 1. The molecule has 0 saturated heterocycles. The predicted octanol–water partition coefficient (Wildman–Crippen LogP) is 2.07. The molecule has 0 heterocycles. The van der Waals surface area contributed by atoms with Crippen LogP contribution in [0.4, 0.5) is 0 Å². The Labute approximate surface area is 147 Å². The van der Waals surface area contributed by atoms with E-state index in [1.807, 2.05) is 6.92 Å². The maximum absolute atomic E-state index is 5.33. The van der Waals surface area contributed by atoms with Crippen molar-refractivity contribution in [3.8, 4) is 0 Å². The molecule has 1 rings (SSSR count). The third-order valence-corrected chi connectivity index (χ3v) is 3.64. The van der Waals surface area contributed by atoms with Crippen LogP contribution in [0.25, 0.3) is 0 Å². The molecule has 2 N–H and O–H groups in total. The van der Waals surface area contributed by atoms with E-state index in [4.69, 9.17) is 4.74 Å². The van der Waals surface area contributed by atoms with Gasteiger partial charge >= 0.3 is 0 Å². The summed E-state index contributed by atoms with van der Waals surface area (Å²) in [4.78, 5) is 7.12. The fourth-order valence-corrected chi connectivity index (χ4v) is 2.06. The summed E-state index contributed by atoms with van der Waals surface area (Å²) in [5, 5.41) is 6.65. The van der Waals surface area contributed by atoms with Crippen molar-refractivity contribution in [1.82, 2.24) is 15.5 Å². The fraction of sp³-hybridized carbons (Fsp3) is 0.933. The Bertz CT molecular complexity index is 285. The van der Waals surface area contributed by atoms with E-state index in [0.717, 1.165) is 51.3 Å². The lowest BCUT2D eigenvalue weighted by Crippen LogP contribution is -2.40. The zero-order valence-corrected chi connectivity index (χ0v) is 16.4. The molecule has 0 spiro atoms. The molecular weight excluding hydrogens is 379 g/mol. The van der Waals surface area contributed by atoms with E-state index in [9.17, 15) is 0 Å². The van der Waals surface area contributed by atoms with E-state index in [1.165, 1.54) is 12.8 Å². The molecule has 21 heavy (non-hydrogen) atoms. The first-order chi connectivity index (χ1) is 9.69. The summed E-state index contributed by atoms with van der Waals surface area (Å²) in [5.41, 5.74) is 0. The maximum atomic E-state index is 5.33. The zero-order chi connectivity index (χ0) is 14.8. The van der Waals surface area contributed by atoms with Crippen molar-refractivity contribution in [1.29, 1.82) is 0 Å². The minimum Gasteiger partial charge on any atom is -0.382 e. The highest BCUT2D eigenvalue weighted by atomic mass is 127. The fourth-order valence-electron chi connectivity index (χ4n) is 2.06. The van der Waals surface area contributed by atoms with Crippen molar-refractivity contribution in [2.24, 2.45) is 4.99 Å². The molecule has 0 aromatic carbocycles. The quantitative estimate of drug-likeness (QED) is 0.250. The van der Waals surface area contributed by atoms with Crippen LogP contribution < -0.4 is 10.6 Å². The van der Waals surface area contributed by atoms with Gasteiger partial charge < -0.3 is 15.4 Å². The number of ether oxygens (including phenoxy) is 1. The van der Waals surface area contributed by atoms with Gasteiger partial charge in [0.1, 0.15) is 0 Å². The molecule has 1 fully saturated rings. The molecule has 1 atom stereocenters. The summed E-state index contributed by atoms with van der Waals surface area (Å²) in [6, 6.07) is 1.29. The highest BCUT2D eigenvalue weighted by molar-refractivity contribution is 14.0.